The highest BCUT2D eigenvalue weighted by molar-refractivity contribution is 7.85. The Balaban J connectivity index is 2.72. The molecule has 1 rings (SSSR count). The average molecular weight is 319 g/mol. The molecule has 0 saturated heterocycles. The molecular weight excluding hydrogens is 297 g/mol. The van der Waals surface area contributed by atoms with Crippen LogP contribution in [0, 0.1) is 5.82 Å². The van der Waals surface area contributed by atoms with E-state index in [0.29, 0.717) is 12.1 Å². The van der Waals surface area contributed by atoms with Crippen molar-refractivity contribution in [3.63, 3.8) is 0 Å². The monoisotopic (exact) mass is 319 g/mol. The molecule has 0 aliphatic heterocycles. The van der Waals surface area contributed by atoms with Crippen molar-refractivity contribution in [2.75, 3.05) is 19.4 Å². The smallest absolute Gasteiger partial charge is 0.264 e. The van der Waals surface area contributed by atoms with Crippen LogP contribution in [-0.4, -0.2) is 37.9 Å². The highest BCUT2D eigenvalue weighted by Gasteiger charge is 2.32. The summed E-state index contributed by atoms with van der Waals surface area (Å²) in [7, 11) is -2.46. The zero-order chi connectivity index (χ0) is 16.1. The number of rotatable bonds is 8. The van der Waals surface area contributed by atoms with Gasteiger partial charge in [0.1, 0.15) is 11.9 Å². The maximum atomic E-state index is 13.9. The van der Waals surface area contributed by atoms with Crippen LogP contribution in [0.25, 0.3) is 0 Å². The number of ether oxygens (including phenoxy) is 1. The van der Waals surface area contributed by atoms with Crippen molar-refractivity contribution >= 4 is 10.1 Å². The maximum Gasteiger partial charge on any atom is 0.264 e. The van der Waals surface area contributed by atoms with Crippen LogP contribution in [-0.2, 0) is 14.9 Å². The number of hydrogen-bond acceptors (Lipinski definition) is 4. The second kappa shape index (κ2) is 7.31. The van der Waals surface area contributed by atoms with Crippen molar-refractivity contribution in [3.05, 3.63) is 35.6 Å². The zero-order valence-corrected chi connectivity index (χ0v) is 13.3. The first kappa shape index (κ1) is 18.0. The van der Waals surface area contributed by atoms with Gasteiger partial charge in [-0.25, -0.2) is 4.39 Å². The minimum atomic E-state index is -3.96. The van der Waals surface area contributed by atoms with Crippen molar-refractivity contribution in [2.24, 2.45) is 0 Å². The van der Waals surface area contributed by atoms with Gasteiger partial charge in [-0.15, -0.1) is 0 Å². The Hall–Kier alpha value is -1.02. The lowest BCUT2D eigenvalue weighted by molar-refractivity contribution is 0.0288. The van der Waals surface area contributed by atoms with Crippen molar-refractivity contribution < 1.29 is 22.1 Å². The molecule has 0 aliphatic carbocycles. The van der Waals surface area contributed by atoms with E-state index in [2.05, 4.69) is 5.32 Å². The molecule has 0 spiro atoms. The first-order valence-corrected chi connectivity index (χ1v) is 8.25. The number of methoxy groups -OCH3 is 1. The topological polar surface area (TPSA) is 75.6 Å². The van der Waals surface area contributed by atoms with Crippen molar-refractivity contribution in [2.45, 2.75) is 31.9 Å². The van der Waals surface area contributed by atoms with Crippen LogP contribution in [0.3, 0.4) is 0 Å². The van der Waals surface area contributed by atoms with Crippen LogP contribution in [0.2, 0.25) is 0 Å². The molecule has 1 unspecified atom stereocenters. The van der Waals surface area contributed by atoms with Gasteiger partial charge in [-0.05, 0) is 32.9 Å². The standard InChI is InChI=1S/C14H22FNO4S/c1-14(2,16-9-6-10-21(17,18)19)13(20-3)11-7-4-5-8-12(11)15/h4-5,7-8,13,16H,6,9-10H2,1-3H3,(H,17,18,19). The molecule has 0 radical (unpaired) electrons. The third kappa shape index (κ3) is 5.70. The van der Waals surface area contributed by atoms with Crippen LogP contribution in [0.15, 0.2) is 24.3 Å². The summed E-state index contributed by atoms with van der Waals surface area (Å²) >= 11 is 0. The molecule has 1 aromatic carbocycles. The van der Waals surface area contributed by atoms with Crippen molar-refractivity contribution in [3.8, 4) is 0 Å². The van der Waals surface area contributed by atoms with Gasteiger partial charge in [-0.3, -0.25) is 4.55 Å². The molecule has 0 saturated carbocycles. The summed E-state index contributed by atoms with van der Waals surface area (Å²) in [4.78, 5) is 0. The minimum absolute atomic E-state index is 0.260. The van der Waals surface area contributed by atoms with Crippen LogP contribution in [0.5, 0.6) is 0 Å². The molecular formula is C14H22FNO4S. The second-order valence-corrected chi connectivity index (χ2v) is 7.00. The van der Waals surface area contributed by atoms with E-state index in [0.717, 1.165) is 0 Å². The highest BCUT2D eigenvalue weighted by Crippen LogP contribution is 2.30. The molecule has 1 atom stereocenters. The van der Waals surface area contributed by atoms with Gasteiger partial charge >= 0.3 is 0 Å². The normalized spacial score (nSPS) is 14.1. The second-order valence-electron chi connectivity index (χ2n) is 5.43. The van der Waals surface area contributed by atoms with Crippen LogP contribution in [0.4, 0.5) is 4.39 Å². The fraction of sp³-hybridized carbons (Fsp3) is 0.571. The number of hydrogen-bond donors (Lipinski definition) is 2. The summed E-state index contributed by atoms with van der Waals surface area (Å²) in [6.45, 7) is 4.06. The van der Waals surface area contributed by atoms with Gasteiger partial charge < -0.3 is 10.1 Å². The van der Waals surface area contributed by atoms with E-state index in [1.54, 1.807) is 18.2 Å². The largest absolute Gasteiger partial charge is 0.375 e. The van der Waals surface area contributed by atoms with E-state index < -0.39 is 21.8 Å². The molecule has 0 fully saturated rings. The number of benzene rings is 1. The fourth-order valence-electron chi connectivity index (χ4n) is 2.26. The Labute approximate surface area is 125 Å². The van der Waals surface area contributed by atoms with Crippen LogP contribution >= 0.6 is 0 Å². The van der Waals surface area contributed by atoms with E-state index in [1.165, 1.54) is 13.2 Å². The lowest BCUT2D eigenvalue weighted by Crippen LogP contribution is -2.46. The summed E-state index contributed by atoms with van der Waals surface area (Å²) < 4.78 is 49.3. The summed E-state index contributed by atoms with van der Waals surface area (Å²) in [6, 6.07) is 6.37. The fourth-order valence-corrected chi connectivity index (χ4v) is 2.77. The maximum absolute atomic E-state index is 13.9. The molecule has 21 heavy (non-hydrogen) atoms. The summed E-state index contributed by atoms with van der Waals surface area (Å²) in [5, 5.41) is 3.14. The third-order valence-corrected chi connectivity index (χ3v) is 4.04. The Bertz CT molecular complexity index is 560. The third-order valence-electron chi connectivity index (χ3n) is 3.24. The lowest BCUT2D eigenvalue weighted by atomic mass is 9.90. The van der Waals surface area contributed by atoms with Gasteiger partial charge in [-0.2, -0.15) is 8.42 Å². The number of nitrogens with one attached hydrogen (secondary N) is 1. The lowest BCUT2D eigenvalue weighted by Gasteiger charge is -2.35. The van der Waals surface area contributed by atoms with Crippen LogP contribution < -0.4 is 5.32 Å². The molecule has 0 bridgehead atoms. The summed E-state index contributed by atoms with van der Waals surface area (Å²) in [5.41, 5.74) is -0.164. The van der Waals surface area contributed by atoms with Gasteiger partial charge in [0.2, 0.25) is 0 Å². The zero-order valence-electron chi connectivity index (χ0n) is 12.5. The van der Waals surface area contributed by atoms with Gasteiger partial charge in [0, 0.05) is 18.2 Å². The van der Waals surface area contributed by atoms with E-state index in [-0.39, 0.29) is 18.0 Å². The van der Waals surface area contributed by atoms with Gasteiger partial charge in [0.15, 0.2) is 0 Å². The molecule has 0 aromatic heterocycles. The summed E-state index contributed by atoms with van der Waals surface area (Å²) in [6.07, 6.45) is -0.264. The van der Waals surface area contributed by atoms with Gasteiger partial charge in [0.25, 0.3) is 10.1 Å². The van der Waals surface area contributed by atoms with E-state index in [1.807, 2.05) is 13.8 Å². The van der Waals surface area contributed by atoms with E-state index >= 15 is 0 Å². The Morgan fingerprint density at radius 1 is 1.38 bits per heavy atom. The van der Waals surface area contributed by atoms with Crippen molar-refractivity contribution in [1.29, 1.82) is 0 Å². The molecule has 5 nitrogen and oxygen atoms in total. The minimum Gasteiger partial charge on any atom is -0.375 e. The molecule has 7 heteroatoms. The van der Waals surface area contributed by atoms with E-state index in [4.69, 9.17) is 9.29 Å². The summed E-state index contributed by atoms with van der Waals surface area (Å²) in [5.74, 6) is -0.662. The SMILES string of the molecule is COC(c1ccccc1F)C(C)(C)NCCCS(=O)(=O)O. The molecule has 1 aromatic rings. The Kier molecular flexibility index (Phi) is 6.27. The molecule has 0 amide bonds. The highest BCUT2D eigenvalue weighted by atomic mass is 32.2. The quantitative estimate of drug-likeness (QED) is 0.567. The van der Waals surface area contributed by atoms with Gasteiger partial charge in [-0.1, -0.05) is 18.2 Å². The van der Waals surface area contributed by atoms with Gasteiger partial charge in [0.05, 0.1) is 5.75 Å². The molecule has 2 N–H and O–H groups in total. The molecule has 0 heterocycles. The average Bonchev–Trinajstić information content (AvgIpc) is 2.36. The first-order chi connectivity index (χ1) is 9.67. The molecule has 120 valence electrons. The first-order valence-electron chi connectivity index (χ1n) is 6.65. The van der Waals surface area contributed by atoms with Crippen LogP contribution in [0.1, 0.15) is 31.9 Å². The van der Waals surface area contributed by atoms with E-state index in [9.17, 15) is 12.8 Å². The van der Waals surface area contributed by atoms with Crippen molar-refractivity contribution in [1.82, 2.24) is 5.32 Å². The predicted octanol–water partition coefficient (Wildman–Crippen LogP) is 2.16. The predicted molar refractivity (Wildman–Crippen MR) is 79.3 cm³/mol. The molecule has 0 aliphatic rings. The Morgan fingerprint density at radius 3 is 2.52 bits per heavy atom. The Morgan fingerprint density at radius 2 is 2.00 bits per heavy atom. The number of halogens is 1.